The molecule has 0 saturated heterocycles. The van der Waals surface area contributed by atoms with Gasteiger partial charge < -0.3 is 5.32 Å². The van der Waals surface area contributed by atoms with Gasteiger partial charge in [-0.15, -0.1) is 11.3 Å². The topological polar surface area (TPSA) is 24.9 Å². The van der Waals surface area contributed by atoms with Gasteiger partial charge in [-0.3, -0.25) is 0 Å². The first kappa shape index (κ1) is 17.6. The van der Waals surface area contributed by atoms with Crippen molar-refractivity contribution in [1.82, 2.24) is 10.3 Å². The molecule has 0 bridgehead atoms. The molecule has 1 heterocycles. The van der Waals surface area contributed by atoms with E-state index in [0.717, 1.165) is 13.0 Å². The van der Waals surface area contributed by atoms with Crippen LogP contribution in [-0.2, 0) is 11.8 Å². The highest BCUT2D eigenvalue weighted by Crippen LogP contribution is 2.27. The second kappa shape index (κ2) is 6.15. The van der Waals surface area contributed by atoms with E-state index in [2.05, 4.69) is 66.1 Å². The van der Waals surface area contributed by atoms with Gasteiger partial charge in [0.15, 0.2) is 0 Å². The third-order valence-electron chi connectivity index (χ3n) is 3.23. The molecule has 2 nitrogen and oxygen atoms in total. The van der Waals surface area contributed by atoms with Crippen molar-refractivity contribution < 1.29 is 0 Å². The van der Waals surface area contributed by atoms with Crippen LogP contribution in [-0.4, -0.2) is 17.1 Å². The zero-order valence-electron chi connectivity index (χ0n) is 14.6. The van der Waals surface area contributed by atoms with Crippen LogP contribution in [0, 0.1) is 5.41 Å². The Balaban J connectivity index is 2.47. The van der Waals surface area contributed by atoms with Crippen molar-refractivity contribution in [3.63, 3.8) is 0 Å². The third kappa shape index (κ3) is 6.36. The molecule has 0 aliphatic carbocycles. The molecule has 1 aromatic heterocycles. The van der Waals surface area contributed by atoms with Crippen molar-refractivity contribution in [1.29, 1.82) is 0 Å². The molecule has 0 spiro atoms. The van der Waals surface area contributed by atoms with E-state index in [1.54, 1.807) is 11.3 Å². The van der Waals surface area contributed by atoms with Gasteiger partial charge in [-0.05, 0) is 25.7 Å². The molecule has 1 N–H and O–H groups in total. The number of nitrogens with zero attached hydrogens (tertiary/aromatic N) is 1. The summed E-state index contributed by atoms with van der Waals surface area (Å²) in [6.07, 6.45) is 2.19. The van der Waals surface area contributed by atoms with E-state index in [0.29, 0.717) is 5.41 Å². The van der Waals surface area contributed by atoms with Gasteiger partial charge in [0.25, 0.3) is 0 Å². The van der Waals surface area contributed by atoms with E-state index >= 15 is 0 Å². The molecule has 0 aliphatic heterocycles. The quantitative estimate of drug-likeness (QED) is 0.845. The van der Waals surface area contributed by atoms with Crippen LogP contribution < -0.4 is 5.32 Å². The molecule has 116 valence electrons. The predicted molar refractivity (Wildman–Crippen MR) is 90.7 cm³/mol. The Bertz CT molecular complexity index is 419. The van der Waals surface area contributed by atoms with Gasteiger partial charge in [0.1, 0.15) is 0 Å². The summed E-state index contributed by atoms with van der Waals surface area (Å²) in [5.74, 6) is 0. The number of aromatic nitrogens is 1. The summed E-state index contributed by atoms with van der Waals surface area (Å²) < 4.78 is 0. The summed E-state index contributed by atoms with van der Waals surface area (Å²) in [5.41, 5.74) is 1.92. The van der Waals surface area contributed by atoms with Crippen LogP contribution in [0.3, 0.4) is 0 Å². The highest BCUT2D eigenvalue weighted by molar-refractivity contribution is 7.09. The van der Waals surface area contributed by atoms with Crippen molar-refractivity contribution in [2.24, 2.45) is 5.41 Å². The van der Waals surface area contributed by atoms with Crippen LogP contribution >= 0.6 is 11.3 Å². The number of hydrogen-bond acceptors (Lipinski definition) is 3. The molecule has 0 amide bonds. The van der Waals surface area contributed by atoms with Crippen LogP contribution in [0.2, 0.25) is 0 Å². The first-order valence-electron chi connectivity index (χ1n) is 7.59. The van der Waals surface area contributed by atoms with E-state index in [1.165, 1.54) is 17.1 Å². The molecule has 3 heteroatoms. The summed E-state index contributed by atoms with van der Waals surface area (Å²) in [7, 11) is 0. The summed E-state index contributed by atoms with van der Waals surface area (Å²) >= 11 is 1.79. The van der Waals surface area contributed by atoms with Gasteiger partial charge >= 0.3 is 0 Å². The molecule has 0 aliphatic rings. The largest absolute Gasteiger partial charge is 0.311 e. The Morgan fingerprint density at radius 1 is 1.05 bits per heavy atom. The number of rotatable bonds is 5. The van der Waals surface area contributed by atoms with Gasteiger partial charge in [0, 0.05) is 29.3 Å². The van der Waals surface area contributed by atoms with E-state index < -0.39 is 0 Å². The molecule has 0 aromatic carbocycles. The standard InChI is InChI=1S/C17H32N2S/c1-15(2,3)12-17(7,8)18-10-9-14-19-13(11-20-14)16(4,5)6/h11,18H,9-10,12H2,1-8H3. The molecule has 0 atom stereocenters. The van der Waals surface area contributed by atoms with Gasteiger partial charge in [-0.1, -0.05) is 41.5 Å². The maximum atomic E-state index is 4.75. The number of hydrogen-bond donors (Lipinski definition) is 1. The van der Waals surface area contributed by atoms with E-state index in [-0.39, 0.29) is 11.0 Å². The smallest absolute Gasteiger partial charge is 0.0941 e. The second-order valence-corrected chi connectivity index (χ2v) is 9.62. The Labute approximate surface area is 129 Å². The minimum atomic E-state index is 0.160. The lowest BCUT2D eigenvalue weighted by Gasteiger charge is -2.33. The fourth-order valence-corrected chi connectivity index (χ4v) is 3.69. The Morgan fingerprint density at radius 2 is 1.65 bits per heavy atom. The molecule has 1 aromatic rings. The second-order valence-electron chi connectivity index (χ2n) is 8.67. The lowest BCUT2D eigenvalue weighted by atomic mass is 9.82. The monoisotopic (exact) mass is 296 g/mol. The molecule has 0 radical (unpaired) electrons. The minimum Gasteiger partial charge on any atom is -0.311 e. The highest BCUT2D eigenvalue weighted by atomic mass is 32.1. The van der Waals surface area contributed by atoms with Crippen LogP contribution in [0.4, 0.5) is 0 Å². The average Bonchev–Trinajstić information content (AvgIpc) is 2.60. The molecular weight excluding hydrogens is 264 g/mol. The number of nitrogens with one attached hydrogen (secondary N) is 1. The summed E-state index contributed by atoms with van der Waals surface area (Å²) in [6, 6.07) is 0. The minimum absolute atomic E-state index is 0.160. The Hall–Kier alpha value is -0.410. The van der Waals surface area contributed by atoms with Gasteiger partial charge in [0.05, 0.1) is 10.7 Å². The Kier molecular flexibility index (Phi) is 5.42. The normalized spacial score (nSPS) is 13.8. The number of thiazole rings is 1. The van der Waals surface area contributed by atoms with Crippen LogP contribution in [0.5, 0.6) is 0 Å². The zero-order chi connectivity index (χ0) is 15.6. The molecule has 0 fully saturated rings. The van der Waals surface area contributed by atoms with Crippen molar-refractivity contribution in [2.75, 3.05) is 6.54 Å². The molecular formula is C17H32N2S. The Morgan fingerprint density at radius 3 is 2.10 bits per heavy atom. The zero-order valence-corrected chi connectivity index (χ0v) is 15.4. The van der Waals surface area contributed by atoms with Crippen molar-refractivity contribution >= 4 is 11.3 Å². The fraction of sp³-hybridized carbons (Fsp3) is 0.824. The van der Waals surface area contributed by atoms with Crippen LogP contribution in [0.1, 0.15) is 72.5 Å². The van der Waals surface area contributed by atoms with E-state index in [4.69, 9.17) is 4.98 Å². The summed E-state index contributed by atoms with van der Waals surface area (Å²) in [4.78, 5) is 4.75. The summed E-state index contributed by atoms with van der Waals surface area (Å²) in [5, 5.41) is 7.13. The van der Waals surface area contributed by atoms with E-state index in [1.807, 2.05) is 0 Å². The maximum Gasteiger partial charge on any atom is 0.0941 e. The lowest BCUT2D eigenvalue weighted by molar-refractivity contribution is 0.243. The summed E-state index contributed by atoms with van der Waals surface area (Å²) in [6.45, 7) is 19.1. The maximum absolute atomic E-state index is 4.75. The molecule has 0 unspecified atom stereocenters. The van der Waals surface area contributed by atoms with Crippen LogP contribution in [0.25, 0.3) is 0 Å². The first-order chi connectivity index (χ1) is 8.89. The van der Waals surface area contributed by atoms with Gasteiger partial charge in [-0.2, -0.15) is 0 Å². The third-order valence-corrected chi connectivity index (χ3v) is 4.14. The molecule has 1 rings (SSSR count). The average molecular weight is 297 g/mol. The van der Waals surface area contributed by atoms with Crippen molar-refractivity contribution in [2.45, 2.75) is 79.2 Å². The fourth-order valence-electron chi connectivity index (χ4n) is 2.67. The lowest BCUT2D eigenvalue weighted by Crippen LogP contribution is -2.43. The van der Waals surface area contributed by atoms with Gasteiger partial charge in [0.2, 0.25) is 0 Å². The first-order valence-corrected chi connectivity index (χ1v) is 8.47. The van der Waals surface area contributed by atoms with Gasteiger partial charge in [-0.25, -0.2) is 4.98 Å². The van der Waals surface area contributed by atoms with Crippen molar-refractivity contribution in [3.8, 4) is 0 Å². The predicted octanol–water partition coefficient (Wildman–Crippen LogP) is 4.79. The van der Waals surface area contributed by atoms with Crippen molar-refractivity contribution in [3.05, 3.63) is 16.1 Å². The van der Waals surface area contributed by atoms with E-state index in [9.17, 15) is 0 Å². The SMILES string of the molecule is CC(C)(C)CC(C)(C)NCCc1nc(C(C)(C)C)cs1. The molecule has 20 heavy (non-hydrogen) atoms. The molecule has 0 saturated carbocycles. The highest BCUT2D eigenvalue weighted by Gasteiger charge is 2.24. The van der Waals surface area contributed by atoms with Crippen LogP contribution in [0.15, 0.2) is 5.38 Å².